The van der Waals surface area contributed by atoms with Crippen molar-refractivity contribution in [2.24, 2.45) is 0 Å². The Labute approximate surface area is 118 Å². The van der Waals surface area contributed by atoms with Crippen molar-refractivity contribution in [1.82, 2.24) is 4.90 Å². The zero-order valence-electron chi connectivity index (χ0n) is 13.0. The fourth-order valence-electron chi connectivity index (χ4n) is 1.64. The highest BCUT2D eigenvalue weighted by atomic mass is 28.3. The lowest BCUT2D eigenvalue weighted by Crippen LogP contribution is -2.34. The molecule has 3 nitrogen and oxygen atoms in total. The summed E-state index contributed by atoms with van der Waals surface area (Å²) < 4.78 is 5.36. The van der Waals surface area contributed by atoms with E-state index in [9.17, 15) is 4.79 Å². The normalized spacial score (nSPS) is 18.2. The average Bonchev–Trinajstić information content (AvgIpc) is 2.61. The zero-order valence-corrected chi connectivity index (χ0v) is 14.0. The molecule has 1 aliphatic heterocycles. The fourth-order valence-corrected chi connectivity index (χ4v) is 2.14. The Bertz CT molecular complexity index is 430. The van der Waals surface area contributed by atoms with Crippen LogP contribution in [0.25, 0.3) is 0 Å². The second-order valence-corrected chi connectivity index (χ2v) is 11.7. The predicted octanol–water partition coefficient (Wildman–Crippen LogP) is 3.43. The van der Waals surface area contributed by atoms with Crippen molar-refractivity contribution in [3.05, 3.63) is 11.6 Å². The van der Waals surface area contributed by atoms with E-state index in [2.05, 4.69) is 31.1 Å². The van der Waals surface area contributed by atoms with Gasteiger partial charge in [0.05, 0.1) is 0 Å². The highest BCUT2D eigenvalue weighted by Crippen LogP contribution is 2.18. The molecule has 1 rings (SSSR count). The van der Waals surface area contributed by atoms with Crippen LogP contribution in [0.1, 0.15) is 27.2 Å². The molecule has 0 radical (unpaired) electrons. The van der Waals surface area contributed by atoms with Crippen LogP contribution in [-0.4, -0.2) is 37.8 Å². The Hall–Kier alpha value is -1.21. The predicted molar refractivity (Wildman–Crippen MR) is 81.6 cm³/mol. The summed E-state index contributed by atoms with van der Waals surface area (Å²) in [6.07, 6.45) is 2.65. The van der Waals surface area contributed by atoms with E-state index in [0.29, 0.717) is 6.54 Å². The van der Waals surface area contributed by atoms with Crippen LogP contribution in [0.4, 0.5) is 4.79 Å². The number of ether oxygens (including phenoxy) is 1. The number of amides is 1. The van der Waals surface area contributed by atoms with Crippen molar-refractivity contribution in [2.75, 3.05) is 13.1 Å². The van der Waals surface area contributed by atoms with Gasteiger partial charge in [-0.15, -0.1) is 5.54 Å². The lowest BCUT2D eigenvalue weighted by atomic mass is 10.2. The number of rotatable bonds is 0. The van der Waals surface area contributed by atoms with Gasteiger partial charge in [-0.25, -0.2) is 4.79 Å². The standard InChI is InChI=1S/C15H25NO2Si/c1-15(2,3)18-14(17)16-10-9-13(12-16)8-7-11-19(4,5)6/h8H,9-10,12H2,1-6H3. The van der Waals surface area contributed by atoms with Crippen molar-refractivity contribution < 1.29 is 9.53 Å². The number of hydrogen-bond donors (Lipinski definition) is 0. The molecule has 1 fully saturated rings. The summed E-state index contributed by atoms with van der Waals surface area (Å²) >= 11 is 0. The molecule has 0 aliphatic carbocycles. The van der Waals surface area contributed by atoms with Crippen molar-refractivity contribution >= 4 is 14.2 Å². The Morgan fingerprint density at radius 2 is 2.00 bits per heavy atom. The molecule has 0 unspecified atom stereocenters. The molecule has 1 heterocycles. The second-order valence-electron chi connectivity index (χ2n) is 6.97. The van der Waals surface area contributed by atoms with Crippen LogP contribution >= 0.6 is 0 Å². The maximum atomic E-state index is 11.9. The number of hydrogen-bond acceptors (Lipinski definition) is 2. The van der Waals surface area contributed by atoms with Gasteiger partial charge < -0.3 is 9.64 Å². The first-order chi connectivity index (χ1) is 8.57. The lowest BCUT2D eigenvalue weighted by Gasteiger charge is -2.23. The quantitative estimate of drug-likeness (QED) is 0.502. The largest absolute Gasteiger partial charge is 0.444 e. The van der Waals surface area contributed by atoms with Crippen molar-refractivity contribution in [2.45, 2.75) is 52.4 Å². The smallest absolute Gasteiger partial charge is 0.410 e. The minimum absolute atomic E-state index is 0.228. The summed E-state index contributed by atoms with van der Waals surface area (Å²) in [5.74, 6) is 3.15. The van der Waals surface area contributed by atoms with E-state index in [1.54, 1.807) is 4.90 Å². The molecule has 4 heteroatoms. The molecule has 1 amide bonds. The summed E-state index contributed by atoms with van der Waals surface area (Å²) in [6.45, 7) is 13.7. The Balaban J connectivity index is 2.56. The topological polar surface area (TPSA) is 29.5 Å². The average molecular weight is 279 g/mol. The van der Waals surface area contributed by atoms with Crippen LogP contribution < -0.4 is 0 Å². The van der Waals surface area contributed by atoms with Gasteiger partial charge in [-0.1, -0.05) is 25.6 Å². The van der Waals surface area contributed by atoms with Gasteiger partial charge >= 0.3 is 6.09 Å². The van der Waals surface area contributed by atoms with Crippen LogP contribution in [0, 0.1) is 11.5 Å². The Morgan fingerprint density at radius 1 is 1.37 bits per heavy atom. The number of allylic oxidation sites excluding steroid dienone is 1. The molecule has 1 aliphatic rings. The highest BCUT2D eigenvalue weighted by molar-refractivity contribution is 6.83. The van der Waals surface area contributed by atoms with Crippen LogP contribution in [0.15, 0.2) is 11.6 Å². The maximum absolute atomic E-state index is 11.9. The van der Waals surface area contributed by atoms with Gasteiger partial charge in [0.15, 0.2) is 0 Å². The van der Waals surface area contributed by atoms with E-state index < -0.39 is 13.7 Å². The highest BCUT2D eigenvalue weighted by Gasteiger charge is 2.26. The van der Waals surface area contributed by atoms with Gasteiger partial charge in [0, 0.05) is 13.1 Å². The van der Waals surface area contributed by atoms with E-state index >= 15 is 0 Å². The van der Waals surface area contributed by atoms with Gasteiger partial charge in [-0.3, -0.25) is 0 Å². The van der Waals surface area contributed by atoms with E-state index in [4.69, 9.17) is 4.74 Å². The second kappa shape index (κ2) is 5.83. The number of carbonyl (C=O) groups is 1. The van der Waals surface area contributed by atoms with Gasteiger partial charge in [-0.05, 0) is 38.8 Å². The Morgan fingerprint density at radius 3 is 2.53 bits per heavy atom. The third-order valence-corrected chi connectivity index (χ3v) is 3.37. The molecular weight excluding hydrogens is 254 g/mol. The third-order valence-electron chi connectivity index (χ3n) is 2.47. The van der Waals surface area contributed by atoms with E-state index in [1.807, 2.05) is 26.8 Å². The molecule has 0 N–H and O–H groups in total. The molecule has 0 aromatic carbocycles. The summed E-state index contributed by atoms with van der Waals surface area (Å²) in [6, 6.07) is 0. The Kier molecular flexibility index (Phi) is 4.86. The SMILES string of the molecule is CC(C)(C)OC(=O)N1CCC(=CC#C[Si](C)(C)C)C1. The summed E-state index contributed by atoms with van der Waals surface area (Å²) in [4.78, 5) is 13.6. The molecule has 1 saturated heterocycles. The van der Waals surface area contributed by atoms with Crippen LogP contribution in [0.5, 0.6) is 0 Å². The summed E-state index contributed by atoms with van der Waals surface area (Å²) in [7, 11) is -1.31. The number of likely N-dealkylation sites (tertiary alicyclic amines) is 1. The first kappa shape index (κ1) is 15.8. The summed E-state index contributed by atoms with van der Waals surface area (Å²) in [5.41, 5.74) is 4.10. The summed E-state index contributed by atoms with van der Waals surface area (Å²) in [5, 5.41) is 0. The monoisotopic (exact) mass is 279 g/mol. The molecule has 0 saturated carbocycles. The van der Waals surface area contributed by atoms with Crippen LogP contribution in [-0.2, 0) is 4.74 Å². The molecule has 0 spiro atoms. The minimum Gasteiger partial charge on any atom is -0.444 e. The van der Waals surface area contributed by atoms with Crippen molar-refractivity contribution in [3.8, 4) is 11.5 Å². The maximum Gasteiger partial charge on any atom is 0.410 e. The minimum atomic E-state index is -1.31. The molecule has 0 aromatic rings. The molecule has 0 atom stereocenters. The lowest BCUT2D eigenvalue weighted by molar-refractivity contribution is 0.0299. The van der Waals surface area contributed by atoms with Crippen LogP contribution in [0.3, 0.4) is 0 Å². The molecule has 106 valence electrons. The third kappa shape index (κ3) is 6.49. The van der Waals surface area contributed by atoms with E-state index in [-0.39, 0.29) is 6.09 Å². The number of carbonyl (C=O) groups excluding carboxylic acids is 1. The van der Waals surface area contributed by atoms with Crippen LogP contribution in [0.2, 0.25) is 19.6 Å². The molecular formula is C15H25NO2Si. The van der Waals surface area contributed by atoms with E-state index in [0.717, 1.165) is 13.0 Å². The zero-order chi connectivity index (χ0) is 14.7. The van der Waals surface area contributed by atoms with Gasteiger partial charge in [0.1, 0.15) is 13.7 Å². The van der Waals surface area contributed by atoms with Gasteiger partial charge in [0.25, 0.3) is 0 Å². The van der Waals surface area contributed by atoms with Crippen molar-refractivity contribution in [3.63, 3.8) is 0 Å². The first-order valence-electron chi connectivity index (χ1n) is 6.75. The van der Waals surface area contributed by atoms with Gasteiger partial charge in [0.2, 0.25) is 0 Å². The molecule has 0 aromatic heterocycles. The first-order valence-corrected chi connectivity index (χ1v) is 10.3. The van der Waals surface area contributed by atoms with E-state index in [1.165, 1.54) is 5.57 Å². The van der Waals surface area contributed by atoms with Gasteiger partial charge in [-0.2, -0.15) is 0 Å². The molecule has 19 heavy (non-hydrogen) atoms. The number of nitrogens with zero attached hydrogens (tertiary/aromatic N) is 1. The molecule has 0 bridgehead atoms. The fraction of sp³-hybridized carbons (Fsp3) is 0.667. The van der Waals surface area contributed by atoms with Crippen molar-refractivity contribution in [1.29, 1.82) is 0 Å².